The van der Waals surface area contributed by atoms with Crippen LogP contribution in [0.1, 0.15) is 11.1 Å². The van der Waals surface area contributed by atoms with Crippen molar-refractivity contribution < 1.29 is 4.79 Å². The zero-order chi connectivity index (χ0) is 14.2. The molecule has 102 valence electrons. The molecule has 0 saturated heterocycles. The highest BCUT2D eigenvalue weighted by Crippen LogP contribution is 2.12. The van der Waals surface area contributed by atoms with Crippen LogP contribution in [-0.2, 0) is 4.79 Å². The van der Waals surface area contributed by atoms with E-state index in [9.17, 15) is 4.79 Å². The van der Waals surface area contributed by atoms with Crippen molar-refractivity contribution in [2.75, 3.05) is 11.9 Å². The molecule has 0 spiro atoms. The Morgan fingerprint density at radius 1 is 1.25 bits per heavy atom. The molecule has 0 radical (unpaired) electrons. The molecule has 5 heteroatoms. The summed E-state index contributed by atoms with van der Waals surface area (Å²) in [4.78, 5) is 15.5. The molecule has 1 heterocycles. The number of hydrogen-bond donors (Lipinski definition) is 2. The minimum absolute atomic E-state index is 0.179. The molecule has 2 aromatic rings. The largest absolute Gasteiger partial charge is 0.376 e. The molecule has 0 bridgehead atoms. The lowest BCUT2D eigenvalue weighted by molar-refractivity contribution is -0.119. The van der Waals surface area contributed by atoms with Crippen LogP contribution >= 0.6 is 0 Å². The van der Waals surface area contributed by atoms with Crippen LogP contribution in [0.4, 0.5) is 5.69 Å². The lowest BCUT2D eigenvalue weighted by Gasteiger charge is -2.07. The van der Waals surface area contributed by atoms with Gasteiger partial charge in [-0.05, 0) is 36.2 Å². The number of aromatic nitrogens is 1. The Morgan fingerprint density at radius 2 is 2.00 bits per heavy atom. The van der Waals surface area contributed by atoms with Gasteiger partial charge >= 0.3 is 0 Å². The maximum Gasteiger partial charge on any atom is 0.259 e. The van der Waals surface area contributed by atoms with Gasteiger partial charge in [0.25, 0.3) is 5.91 Å². The Hall–Kier alpha value is -2.69. The normalized spacial score (nSPS) is 10.4. The lowest BCUT2D eigenvalue weighted by Crippen LogP contribution is -2.26. The van der Waals surface area contributed by atoms with Crippen LogP contribution in [0, 0.1) is 6.92 Å². The second-order valence-electron chi connectivity index (χ2n) is 4.24. The first-order chi connectivity index (χ1) is 9.75. The molecule has 0 aliphatic carbocycles. The van der Waals surface area contributed by atoms with Gasteiger partial charge in [0.15, 0.2) is 0 Å². The first-order valence-electron chi connectivity index (χ1n) is 6.27. The predicted octanol–water partition coefficient (Wildman–Crippen LogP) is 1.95. The third-order valence-corrected chi connectivity index (χ3v) is 2.69. The number of pyridine rings is 1. The molecule has 1 aromatic carbocycles. The van der Waals surface area contributed by atoms with Crippen LogP contribution < -0.4 is 10.7 Å². The molecule has 20 heavy (non-hydrogen) atoms. The van der Waals surface area contributed by atoms with Crippen molar-refractivity contribution in [1.82, 2.24) is 10.4 Å². The molecule has 0 atom stereocenters. The van der Waals surface area contributed by atoms with Crippen LogP contribution in [-0.4, -0.2) is 23.7 Å². The Labute approximate surface area is 117 Å². The van der Waals surface area contributed by atoms with Crippen molar-refractivity contribution >= 4 is 17.8 Å². The summed E-state index contributed by atoms with van der Waals surface area (Å²) in [6.45, 7) is 2.17. The Bertz CT molecular complexity index is 596. The monoisotopic (exact) mass is 268 g/mol. The van der Waals surface area contributed by atoms with Gasteiger partial charge in [-0.1, -0.05) is 18.2 Å². The standard InChI is InChI=1S/C15H16N4O/c1-12-4-2-3-5-14(12)17-11-15(20)19-18-10-13-6-8-16-9-7-13/h2-10,17H,11H2,1H3,(H,19,20). The molecule has 2 N–H and O–H groups in total. The van der Waals surface area contributed by atoms with E-state index >= 15 is 0 Å². The quantitative estimate of drug-likeness (QED) is 0.643. The van der Waals surface area contributed by atoms with Gasteiger partial charge in [0, 0.05) is 18.1 Å². The van der Waals surface area contributed by atoms with Crippen LogP contribution in [0.3, 0.4) is 0 Å². The van der Waals surface area contributed by atoms with E-state index in [4.69, 9.17) is 0 Å². The fourth-order valence-electron chi connectivity index (χ4n) is 1.61. The number of carbonyl (C=O) groups is 1. The van der Waals surface area contributed by atoms with Gasteiger partial charge < -0.3 is 5.32 Å². The van der Waals surface area contributed by atoms with Crippen molar-refractivity contribution in [3.8, 4) is 0 Å². The van der Waals surface area contributed by atoms with E-state index in [-0.39, 0.29) is 12.5 Å². The fraction of sp³-hybridized carbons (Fsp3) is 0.133. The van der Waals surface area contributed by atoms with Crippen LogP contribution in [0.2, 0.25) is 0 Å². The molecule has 2 rings (SSSR count). The van der Waals surface area contributed by atoms with Gasteiger partial charge in [0.05, 0.1) is 12.8 Å². The number of aryl methyl sites for hydroxylation is 1. The number of amides is 1. The summed E-state index contributed by atoms with van der Waals surface area (Å²) in [5.74, 6) is -0.196. The zero-order valence-electron chi connectivity index (χ0n) is 11.2. The SMILES string of the molecule is Cc1ccccc1NCC(=O)NN=Cc1ccncc1. The van der Waals surface area contributed by atoms with Crippen LogP contribution in [0.5, 0.6) is 0 Å². The van der Waals surface area contributed by atoms with Crippen molar-refractivity contribution in [2.45, 2.75) is 6.92 Å². The van der Waals surface area contributed by atoms with Gasteiger partial charge in [-0.25, -0.2) is 5.43 Å². The molecule has 0 unspecified atom stereocenters. The molecule has 0 saturated carbocycles. The Morgan fingerprint density at radius 3 is 2.75 bits per heavy atom. The number of rotatable bonds is 5. The van der Waals surface area contributed by atoms with Gasteiger partial charge in [0.1, 0.15) is 0 Å². The van der Waals surface area contributed by atoms with Gasteiger partial charge in [-0.2, -0.15) is 5.10 Å². The first-order valence-corrected chi connectivity index (χ1v) is 6.27. The topological polar surface area (TPSA) is 66.4 Å². The summed E-state index contributed by atoms with van der Waals surface area (Å²) in [6.07, 6.45) is 4.92. The summed E-state index contributed by atoms with van der Waals surface area (Å²) in [5, 5.41) is 6.95. The fourth-order valence-corrected chi connectivity index (χ4v) is 1.61. The highest BCUT2D eigenvalue weighted by molar-refractivity contribution is 5.84. The van der Waals surface area contributed by atoms with E-state index in [0.29, 0.717) is 0 Å². The summed E-state index contributed by atoms with van der Waals surface area (Å²) in [5.41, 5.74) is 5.39. The molecular weight excluding hydrogens is 252 g/mol. The van der Waals surface area contributed by atoms with Gasteiger partial charge in [0.2, 0.25) is 0 Å². The summed E-state index contributed by atoms with van der Waals surface area (Å²) < 4.78 is 0. The van der Waals surface area contributed by atoms with E-state index < -0.39 is 0 Å². The molecule has 1 aromatic heterocycles. The number of carbonyl (C=O) groups excluding carboxylic acids is 1. The summed E-state index contributed by atoms with van der Waals surface area (Å²) in [6, 6.07) is 11.4. The third-order valence-electron chi connectivity index (χ3n) is 2.69. The van der Waals surface area contributed by atoms with E-state index in [1.54, 1.807) is 30.7 Å². The molecule has 5 nitrogen and oxygen atoms in total. The summed E-state index contributed by atoms with van der Waals surface area (Å²) in [7, 11) is 0. The number of nitrogens with one attached hydrogen (secondary N) is 2. The number of anilines is 1. The Balaban J connectivity index is 1.79. The molecule has 0 aliphatic rings. The maximum absolute atomic E-state index is 11.6. The van der Waals surface area contributed by atoms with Crippen molar-refractivity contribution in [3.63, 3.8) is 0 Å². The number of benzene rings is 1. The first kappa shape index (κ1) is 13.7. The molecule has 0 fully saturated rings. The molecular formula is C15H16N4O. The smallest absolute Gasteiger partial charge is 0.259 e. The maximum atomic E-state index is 11.6. The minimum atomic E-state index is -0.196. The number of para-hydroxylation sites is 1. The van der Waals surface area contributed by atoms with E-state index in [0.717, 1.165) is 16.8 Å². The number of nitrogens with zero attached hydrogens (tertiary/aromatic N) is 2. The average Bonchev–Trinajstić information content (AvgIpc) is 2.47. The molecule has 0 aliphatic heterocycles. The van der Waals surface area contributed by atoms with E-state index in [1.807, 2.05) is 31.2 Å². The van der Waals surface area contributed by atoms with E-state index in [2.05, 4.69) is 20.8 Å². The summed E-state index contributed by atoms with van der Waals surface area (Å²) >= 11 is 0. The average molecular weight is 268 g/mol. The van der Waals surface area contributed by atoms with Gasteiger partial charge in [-0.3, -0.25) is 9.78 Å². The van der Waals surface area contributed by atoms with Crippen molar-refractivity contribution in [2.24, 2.45) is 5.10 Å². The number of hydrazone groups is 1. The zero-order valence-corrected chi connectivity index (χ0v) is 11.2. The van der Waals surface area contributed by atoms with Crippen molar-refractivity contribution in [1.29, 1.82) is 0 Å². The lowest BCUT2D eigenvalue weighted by atomic mass is 10.2. The van der Waals surface area contributed by atoms with Gasteiger partial charge in [-0.15, -0.1) is 0 Å². The predicted molar refractivity (Wildman–Crippen MR) is 79.6 cm³/mol. The highest BCUT2D eigenvalue weighted by Gasteiger charge is 2.00. The second kappa shape index (κ2) is 7.04. The van der Waals surface area contributed by atoms with E-state index in [1.165, 1.54) is 0 Å². The Kier molecular flexibility index (Phi) is 4.83. The van der Waals surface area contributed by atoms with Crippen molar-refractivity contribution in [3.05, 3.63) is 59.9 Å². The van der Waals surface area contributed by atoms with Crippen LogP contribution in [0.25, 0.3) is 0 Å². The second-order valence-corrected chi connectivity index (χ2v) is 4.24. The van der Waals surface area contributed by atoms with Crippen LogP contribution in [0.15, 0.2) is 53.9 Å². The number of hydrogen-bond acceptors (Lipinski definition) is 4. The highest BCUT2D eigenvalue weighted by atomic mass is 16.2. The third kappa shape index (κ3) is 4.20. The minimum Gasteiger partial charge on any atom is -0.376 e. The molecule has 1 amide bonds.